The number of benzene rings is 1. The van der Waals surface area contributed by atoms with E-state index in [0.717, 1.165) is 25.3 Å². The lowest BCUT2D eigenvalue weighted by Gasteiger charge is -2.15. The topological polar surface area (TPSA) is 21.3 Å². The van der Waals surface area contributed by atoms with E-state index in [0.29, 0.717) is 0 Å². The molecule has 0 fully saturated rings. The van der Waals surface area contributed by atoms with E-state index in [1.165, 1.54) is 24.8 Å². The van der Waals surface area contributed by atoms with Crippen LogP contribution in [0.15, 0.2) is 24.3 Å². The van der Waals surface area contributed by atoms with Crippen LogP contribution in [0.2, 0.25) is 0 Å². The van der Waals surface area contributed by atoms with Gasteiger partial charge < -0.3 is 10.1 Å². The Labute approximate surface area is 112 Å². The number of hydrogen-bond donors (Lipinski definition) is 1. The molecule has 0 aliphatic heterocycles. The summed E-state index contributed by atoms with van der Waals surface area (Å²) in [6.45, 7) is 8.52. The summed E-state index contributed by atoms with van der Waals surface area (Å²) in [6.07, 6.45) is 5.03. The smallest absolute Gasteiger partial charge is 0.119 e. The van der Waals surface area contributed by atoms with Crippen molar-refractivity contribution in [3.63, 3.8) is 0 Å². The van der Waals surface area contributed by atoms with Crippen molar-refractivity contribution in [2.75, 3.05) is 13.1 Å². The van der Waals surface area contributed by atoms with Crippen LogP contribution in [0.5, 0.6) is 5.75 Å². The van der Waals surface area contributed by atoms with Gasteiger partial charge in [-0.2, -0.15) is 0 Å². The van der Waals surface area contributed by atoms with Crippen molar-refractivity contribution in [2.24, 2.45) is 0 Å². The van der Waals surface area contributed by atoms with Crippen molar-refractivity contribution in [1.82, 2.24) is 5.32 Å². The average Bonchev–Trinajstić information content (AvgIpc) is 2.37. The monoisotopic (exact) mass is 249 g/mol. The molecule has 0 aromatic heterocycles. The molecule has 0 spiro atoms. The highest BCUT2D eigenvalue weighted by Gasteiger charge is 2.03. The highest BCUT2D eigenvalue weighted by molar-refractivity contribution is 5.27. The van der Waals surface area contributed by atoms with Gasteiger partial charge in [-0.25, -0.2) is 0 Å². The number of aryl methyl sites for hydroxylation is 1. The Bertz CT molecular complexity index is 307. The van der Waals surface area contributed by atoms with Crippen molar-refractivity contribution in [3.8, 4) is 5.75 Å². The number of nitrogens with one attached hydrogen (secondary N) is 1. The second-order valence-corrected chi connectivity index (χ2v) is 4.88. The van der Waals surface area contributed by atoms with Gasteiger partial charge in [0, 0.05) is 6.54 Å². The van der Waals surface area contributed by atoms with Crippen molar-refractivity contribution in [1.29, 1.82) is 0 Å². The van der Waals surface area contributed by atoms with E-state index in [1.54, 1.807) is 0 Å². The summed E-state index contributed by atoms with van der Waals surface area (Å²) in [7, 11) is 0. The van der Waals surface area contributed by atoms with Crippen LogP contribution in [0.4, 0.5) is 0 Å². The maximum absolute atomic E-state index is 5.87. The Morgan fingerprint density at radius 1 is 1.11 bits per heavy atom. The minimum atomic E-state index is 0.221. The molecule has 0 heterocycles. The molecule has 2 nitrogen and oxygen atoms in total. The quantitative estimate of drug-likeness (QED) is 0.672. The van der Waals surface area contributed by atoms with Crippen molar-refractivity contribution in [2.45, 2.75) is 52.6 Å². The van der Waals surface area contributed by atoms with Crippen LogP contribution in [0, 0.1) is 0 Å². The van der Waals surface area contributed by atoms with Gasteiger partial charge in [-0.05, 0) is 44.0 Å². The third-order valence-electron chi connectivity index (χ3n) is 2.94. The lowest BCUT2D eigenvalue weighted by atomic mass is 10.1. The molecular formula is C16H27NO. The normalized spacial score (nSPS) is 12.4. The first kappa shape index (κ1) is 15.0. The molecule has 0 bridgehead atoms. The highest BCUT2D eigenvalue weighted by Crippen LogP contribution is 2.14. The molecule has 1 atom stereocenters. The maximum Gasteiger partial charge on any atom is 0.119 e. The average molecular weight is 249 g/mol. The predicted molar refractivity (Wildman–Crippen MR) is 78.3 cm³/mol. The summed E-state index contributed by atoms with van der Waals surface area (Å²) in [6, 6.07) is 8.48. The Kier molecular flexibility index (Phi) is 7.51. The Balaban J connectivity index is 2.28. The molecule has 1 aromatic carbocycles. The number of rotatable bonds is 9. The molecule has 0 saturated carbocycles. The maximum atomic E-state index is 5.87. The van der Waals surface area contributed by atoms with Crippen LogP contribution >= 0.6 is 0 Å². The van der Waals surface area contributed by atoms with E-state index in [4.69, 9.17) is 4.74 Å². The number of hydrogen-bond acceptors (Lipinski definition) is 2. The molecule has 18 heavy (non-hydrogen) atoms. The van der Waals surface area contributed by atoms with Crippen molar-refractivity contribution >= 4 is 0 Å². The molecule has 0 amide bonds. The molecule has 0 aliphatic carbocycles. The minimum Gasteiger partial charge on any atom is -0.489 e. The third-order valence-corrected chi connectivity index (χ3v) is 2.94. The lowest BCUT2D eigenvalue weighted by molar-refractivity contribution is 0.217. The predicted octanol–water partition coefficient (Wildman–Crippen LogP) is 3.80. The molecular weight excluding hydrogens is 222 g/mol. The van der Waals surface area contributed by atoms with E-state index < -0.39 is 0 Å². The van der Waals surface area contributed by atoms with E-state index in [2.05, 4.69) is 50.4 Å². The van der Waals surface area contributed by atoms with Crippen LogP contribution in [-0.2, 0) is 6.42 Å². The molecule has 0 saturated heterocycles. The Morgan fingerprint density at radius 3 is 2.44 bits per heavy atom. The van der Waals surface area contributed by atoms with Crippen LogP contribution in [0.25, 0.3) is 0 Å². The zero-order valence-electron chi connectivity index (χ0n) is 12.0. The largest absolute Gasteiger partial charge is 0.489 e. The Morgan fingerprint density at radius 2 is 1.83 bits per heavy atom. The van der Waals surface area contributed by atoms with Crippen molar-refractivity contribution < 1.29 is 4.74 Å². The fourth-order valence-electron chi connectivity index (χ4n) is 1.90. The van der Waals surface area contributed by atoms with E-state index in [1.807, 2.05) is 0 Å². The van der Waals surface area contributed by atoms with Gasteiger partial charge in [0.2, 0.25) is 0 Å². The zero-order valence-corrected chi connectivity index (χ0v) is 12.0. The first-order valence-electron chi connectivity index (χ1n) is 7.22. The highest BCUT2D eigenvalue weighted by atomic mass is 16.5. The van der Waals surface area contributed by atoms with Crippen LogP contribution in [-0.4, -0.2) is 19.2 Å². The Hall–Kier alpha value is -1.02. The van der Waals surface area contributed by atoms with E-state index in [-0.39, 0.29) is 6.10 Å². The van der Waals surface area contributed by atoms with Crippen molar-refractivity contribution in [3.05, 3.63) is 29.8 Å². The molecule has 1 unspecified atom stereocenters. The number of unbranched alkanes of at least 4 members (excludes halogenated alkanes) is 1. The summed E-state index contributed by atoms with van der Waals surface area (Å²) in [5.41, 5.74) is 1.39. The number of ether oxygens (including phenoxy) is 1. The van der Waals surface area contributed by atoms with Crippen LogP contribution in [0.1, 0.15) is 45.6 Å². The SMILES string of the molecule is CCCCNCC(C)Oc1ccc(CCC)cc1. The van der Waals surface area contributed by atoms with Gasteiger partial charge in [0.1, 0.15) is 11.9 Å². The summed E-state index contributed by atoms with van der Waals surface area (Å²) >= 11 is 0. The molecule has 102 valence electrons. The van der Waals surface area contributed by atoms with Gasteiger partial charge >= 0.3 is 0 Å². The van der Waals surface area contributed by atoms with Gasteiger partial charge in [-0.3, -0.25) is 0 Å². The van der Waals surface area contributed by atoms with E-state index in [9.17, 15) is 0 Å². The van der Waals surface area contributed by atoms with E-state index >= 15 is 0 Å². The molecule has 2 heteroatoms. The third kappa shape index (κ3) is 6.06. The van der Waals surface area contributed by atoms with Gasteiger partial charge in [-0.15, -0.1) is 0 Å². The first-order valence-corrected chi connectivity index (χ1v) is 7.22. The van der Waals surface area contributed by atoms with Gasteiger partial charge in [0.25, 0.3) is 0 Å². The van der Waals surface area contributed by atoms with Gasteiger partial charge in [-0.1, -0.05) is 38.8 Å². The summed E-state index contributed by atoms with van der Waals surface area (Å²) in [5.74, 6) is 0.972. The molecule has 0 aliphatic rings. The fraction of sp³-hybridized carbons (Fsp3) is 0.625. The lowest BCUT2D eigenvalue weighted by Crippen LogP contribution is -2.29. The summed E-state index contributed by atoms with van der Waals surface area (Å²) < 4.78 is 5.87. The second kappa shape index (κ2) is 8.98. The molecule has 1 rings (SSSR count). The van der Waals surface area contributed by atoms with Crippen LogP contribution in [0.3, 0.4) is 0 Å². The zero-order chi connectivity index (χ0) is 13.2. The van der Waals surface area contributed by atoms with Gasteiger partial charge in [0.15, 0.2) is 0 Å². The molecule has 1 aromatic rings. The summed E-state index contributed by atoms with van der Waals surface area (Å²) in [5, 5.41) is 3.41. The second-order valence-electron chi connectivity index (χ2n) is 4.88. The van der Waals surface area contributed by atoms with Gasteiger partial charge in [0.05, 0.1) is 0 Å². The molecule has 0 radical (unpaired) electrons. The minimum absolute atomic E-state index is 0.221. The summed E-state index contributed by atoms with van der Waals surface area (Å²) in [4.78, 5) is 0. The standard InChI is InChI=1S/C16H27NO/c1-4-6-12-17-13-14(3)18-16-10-8-15(7-5-2)9-11-16/h8-11,14,17H,4-7,12-13H2,1-3H3. The van der Waals surface area contributed by atoms with Crippen LogP contribution < -0.4 is 10.1 Å². The molecule has 1 N–H and O–H groups in total. The first-order chi connectivity index (χ1) is 8.76. The fourth-order valence-corrected chi connectivity index (χ4v) is 1.90.